The molecule has 0 aliphatic carbocycles. The fraction of sp³-hybridized carbons (Fsp3) is 0.500. The zero-order valence-electron chi connectivity index (χ0n) is 12.8. The molecular formula is C14H20ClFN2O4S. The van der Waals surface area contributed by atoms with Crippen LogP contribution in [0, 0.1) is 11.7 Å². The van der Waals surface area contributed by atoms with Gasteiger partial charge < -0.3 is 10.1 Å². The molecule has 1 aliphatic heterocycles. The Bertz CT molecular complexity index is 669. The second kappa shape index (κ2) is 8.05. The lowest BCUT2D eigenvalue weighted by Crippen LogP contribution is -2.48. The summed E-state index contributed by atoms with van der Waals surface area (Å²) in [4.78, 5) is 11.3. The van der Waals surface area contributed by atoms with Gasteiger partial charge in [0, 0.05) is 6.04 Å². The molecule has 2 unspecified atom stereocenters. The number of hydrogen-bond acceptors (Lipinski definition) is 5. The molecule has 9 heteroatoms. The smallest absolute Gasteiger partial charge is 0.339 e. The van der Waals surface area contributed by atoms with Crippen LogP contribution in [-0.2, 0) is 14.8 Å². The van der Waals surface area contributed by atoms with E-state index in [1.807, 2.05) is 6.92 Å². The topological polar surface area (TPSA) is 84.5 Å². The quantitative estimate of drug-likeness (QED) is 0.785. The number of hydrogen-bond donors (Lipinski definition) is 2. The molecule has 1 saturated heterocycles. The fourth-order valence-electron chi connectivity index (χ4n) is 2.45. The predicted molar refractivity (Wildman–Crippen MR) is 85.7 cm³/mol. The summed E-state index contributed by atoms with van der Waals surface area (Å²) in [6, 6.07) is 2.71. The van der Waals surface area contributed by atoms with Gasteiger partial charge in [-0.3, -0.25) is 0 Å². The Balaban J connectivity index is 0.00000264. The second-order valence-electron chi connectivity index (χ2n) is 5.33. The van der Waals surface area contributed by atoms with Gasteiger partial charge in [0.05, 0.1) is 17.6 Å². The van der Waals surface area contributed by atoms with Crippen LogP contribution in [0.25, 0.3) is 0 Å². The molecule has 2 atom stereocenters. The summed E-state index contributed by atoms with van der Waals surface area (Å²) in [5.74, 6) is -1.45. The van der Waals surface area contributed by atoms with Crippen LogP contribution in [0.3, 0.4) is 0 Å². The first-order chi connectivity index (χ1) is 10.3. The molecule has 0 bridgehead atoms. The summed E-state index contributed by atoms with van der Waals surface area (Å²) in [7, 11) is -2.88. The highest BCUT2D eigenvalue weighted by Gasteiger charge is 2.30. The number of sulfonamides is 1. The first-order valence-corrected chi connectivity index (χ1v) is 8.44. The van der Waals surface area contributed by atoms with Crippen molar-refractivity contribution in [3.63, 3.8) is 0 Å². The lowest BCUT2D eigenvalue weighted by molar-refractivity contribution is 0.0596. The lowest BCUT2D eigenvalue weighted by atomic mass is 9.97. The summed E-state index contributed by atoms with van der Waals surface area (Å²) >= 11 is 0. The van der Waals surface area contributed by atoms with E-state index in [4.69, 9.17) is 0 Å². The molecule has 0 aromatic heterocycles. The van der Waals surface area contributed by atoms with Gasteiger partial charge in [-0.1, -0.05) is 6.92 Å². The van der Waals surface area contributed by atoms with Crippen LogP contribution in [0.4, 0.5) is 4.39 Å². The van der Waals surface area contributed by atoms with E-state index in [-0.39, 0.29) is 29.9 Å². The minimum absolute atomic E-state index is 0. The van der Waals surface area contributed by atoms with E-state index in [0.717, 1.165) is 25.3 Å². The maximum atomic E-state index is 13.4. The molecule has 1 aliphatic rings. The average molecular weight is 367 g/mol. The van der Waals surface area contributed by atoms with Gasteiger partial charge in [0.2, 0.25) is 10.0 Å². The average Bonchev–Trinajstić information content (AvgIpc) is 2.48. The van der Waals surface area contributed by atoms with E-state index in [0.29, 0.717) is 19.5 Å². The van der Waals surface area contributed by atoms with Crippen LogP contribution >= 0.6 is 12.4 Å². The molecule has 130 valence electrons. The molecule has 0 spiro atoms. The normalized spacial score (nSPS) is 21.3. The second-order valence-corrected chi connectivity index (χ2v) is 7.01. The number of carbonyl (C=O) groups excluding carboxylic acids is 1. The summed E-state index contributed by atoms with van der Waals surface area (Å²) in [5.41, 5.74) is -0.182. The van der Waals surface area contributed by atoms with Gasteiger partial charge in [-0.05, 0) is 43.6 Å². The van der Waals surface area contributed by atoms with E-state index in [2.05, 4.69) is 14.8 Å². The van der Waals surface area contributed by atoms with Crippen molar-refractivity contribution in [3.8, 4) is 0 Å². The van der Waals surface area contributed by atoms with Gasteiger partial charge in [0.1, 0.15) is 5.82 Å². The van der Waals surface area contributed by atoms with Gasteiger partial charge in [-0.25, -0.2) is 22.3 Å². The molecule has 2 N–H and O–H groups in total. The third-order valence-corrected chi connectivity index (χ3v) is 5.26. The van der Waals surface area contributed by atoms with Gasteiger partial charge in [-0.15, -0.1) is 12.4 Å². The third-order valence-electron chi connectivity index (χ3n) is 3.73. The van der Waals surface area contributed by atoms with Crippen molar-refractivity contribution in [3.05, 3.63) is 29.6 Å². The van der Waals surface area contributed by atoms with Crippen LogP contribution in [0.5, 0.6) is 0 Å². The van der Waals surface area contributed by atoms with Crippen molar-refractivity contribution in [2.75, 3.05) is 20.2 Å². The van der Waals surface area contributed by atoms with Crippen LogP contribution in [0.2, 0.25) is 0 Å². The number of halogens is 2. The Morgan fingerprint density at radius 1 is 1.43 bits per heavy atom. The molecule has 2 rings (SSSR count). The summed E-state index contributed by atoms with van der Waals surface area (Å²) in [5, 5.41) is 3.17. The Labute approximate surface area is 141 Å². The van der Waals surface area contributed by atoms with Crippen LogP contribution in [0.15, 0.2) is 23.1 Å². The number of carbonyl (C=O) groups is 1. The minimum Gasteiger partial charge on any atom is -0.465 e. The maximum absolute atomic E-state index is 13.4. The number of piperidine rings is 1. The summed E-state index contributed by atoms with van der Waals surface area (Å²) in [6.45, 7) is 3.32. The molecular weight excluding hydrogens is 347 g/mol. The minimum atomic E-state index is -4.02. The van der Waals surface area contributed by atoms with Crippen molar-refractivity contribution in [2.24, 2.45) is 5.92 Å². The standard InChI is InChI=1S/C14H19FN2O4S.ClH/c1-9-8-16-6-5-12(9)17-22(19,20)13-7-10(15)3-4-11(13)14(18)21-2;/h3-4,7,9,12,16-17H,5-6,8H2,1-2H3;1H. The zero-order chi connectivity index (χ0) is 16.3. The number of nitrogens with one attached hydrogen (secondary N) is 2. The highest BCUT2D eigenvalue weighted by molar-refractivity contribution is 7.89. The number of ether oxygens (including phenoxy) is 1. The van der Waals surface area contributed by atoms with Crippen LogP contribution in [-0.4, -0.2) is 40.6 Å². The highest BCUT2D eigenvalue weighted by Crippen LogP contribution is 2.21. The highest BCUT2D eigenvalue weighted by atomic mass is 35.5. The van der Waals surface area contributed by atoms with Crippen LogP contribution < -0.4 is 10.0 Å². The van der Waals surface area contributed by atoms with E-state index in [9.17, 15) is 17.6 Å². The van der Waals surface area contributed by atoms with Crippen LogP contribution in [0.1, 0.15) is 23.7 Å². The number of benzene rings is 1. The summed E-state index contributed by atoms with van der Waals surface area (Å²) < 4.78 is 45.6. The van der Waals surface area contributed by atoms with Crippen molar-refractivity contribution in [1.82, 2.24) is 10.0 Å². The first-order valence-electron chi connectivity index (χ1n) is 6.96. The van der Waals surface area contributed by atoms with Crippen molar-refractivity contribution in [1.29, 1.82) is 0 Å². The van der Waals surface area contributed by atoms with Crippen molar-refractivity contribution in [2.45, 2.75) is 24.3 Å². The molecule has 6 nitrogen and oxygen atoms in total. The molecule has 1 aromatic rings. The fourth-order valence-corrected chi connectivity index (χ4v) is 4.03. The van der Waals surface area contributed by atoms with Gasteiger partial charge in [-0.2, -0.15) is 0 Å². The van der Waals surface area contributed by atoms with Gasteiger partial charge in [0.25, 0.3) is 0 Å². The number of esters is 1. The predicted octanol–water partition coefficient (Wildman–Crippen LogP) is 1.31. The van der Waals surface area contributed by atoms with Gasteiger partial charge >= 0.3 is 5.97 Å². The van der Waals surface area contributed by atoms with Gasteiger partial charge in [0.15, 0.2) is 0 Å². The largest absolute Gasteiger partial charge is 0.465 e. The molecule has 1 fully saturated rings. The number of rotatable bonds is 4. The van der Waals surface area contributed by atoms with E-state index in [1.54, 1.807) is 0 Å². The summed E-state index contributed by atoms with van der Waals surface area (Å²) in [6.07, 6.45) is 0.628. The Morgan fingerprint density at radius 2 is 2.13 bits per heavy atom. The lowest BCUT2D eigenvalue weighted by Gasteiger charge is -2.30. The van der Waals surface area contributed by atoms with E-state index in [1.165, 1.54) is 0 Å². The van der Waals surface area contributed by atoms with E-state index >= 15 is 0 Å². The monoisotopic (exact) mass is 366 g/mol. The molecule has 1 heterocycles. The molecule has 0 radical (unpaired) electrons. The maximum Gasteiger partial charge on any atom is 0.339 e. The molecule has 1 aromatic carbocycles. The van der Waals surface area contributed by atoms with E-state index < -0.39 is 26.7 Å². The molecule has 23 heavy (non-hydrogen) atoms. The molecule has 0 saturated carbocycles. The van der Waals surface area contributed by atoms with Crippen molar-refractivity contribution < 1.29 is 22.3 Å². The Hall–Kier alpha value is -1.22. The zero-order valence-corrected chi connectivity index (χ0v) is 14.5. The number of methoxy groups -OCH3 is 1. The Morgan fingerprint density at radius 3 is 2.74 bits per heavy atom. The molecule has 0 amide bonds. The van der Waals surface area contributed by atoms with Crippen molar-refractivity contribution >= 4 is 28.4 Å². The first kappa shape index (κ1) is 19.8. The Kier molecular flexibility index (Phi) is 6.94. The SMILES string of the molecule is COC(=O)c1ccc(F)cc1S(=O)(=O)NC1CCNCC1C.Cl. The third kappa shape index (κ3) is 4.63.